The monoisotopic (exact) mass is 365 g/mol. The summed E-state index contributed by atoms with van der Waals surface area (Å²) in [7, 11) is 0. The Morgan fingerprint density at radius 2 is 1.17 bits per heavy atom. The first kappa shape index (κ1) is 17.9. The first-order valence-electron chi connectivity index (χ1n) is 5.56. The fraction of sp³-hybridized carbons (Fsp3) is 0.182. The highest BCUT2D eigenvalue weighted by molar-refractivity contribution is 5.61. The molecule has 3 nitrogen and oxygen atoms in total. The number of hydrogen-bond acceptors (Lipinski definition) is 3. The van der Waals surface area contributed by atoms with Crippen molar-refractivity contribution in [3.05, 3.63) is 41.1 Å². The van der Waals surface area contributed by atoms with E-state index in [9.17, 15) is 43.9 Å². The first-order chi connectivity index (χ1) is 10.8. The Bertz CT molecular complexity index is 738. The lowest BCUT2D eigenvalue weighted by molar-refractivity contribution is -0.152. The number of halogens is 10. The van der Waals surface area contributed by atoms with Crippen molar-refractivity contribution in [2.75, 3.05) is 0 Å². The van der Waals surface area contributed by atoms with Gasteiger partial charge in [0.2, 0.25) is 5.82 Å². The van der Waals surface area contributed by atoms with Crippen LogP contribution in [0.15, 0.2) is 6.07 Å². The van der Waals surface area contributed by atoms with E-state index >= 15 is 0 Å². The van der Waals surface area contributed by atoms with Crippen molar-refractivity contribution in [3.8, 4) is 11.3 Å². The summed E-state index contributed by atoms with van der Waals surface area (Å²) in [6.45, 7) is 0. The van der Waals surface area contributed by atoms with Gasteiger partial charge in [-0.1, -0.05) is 0 Å². The molecule has 0 aliphatic heterocycles. The molecule has 0 bridgehead atoms. The van der Waals surface area contributed by atoms with Crippen LogP contribution in [0.5, 0.6) is 0 Å². The van der Waals surface area contributed by atoms with Crippen molar-refractivity contribution in [1.82, 2.24) is 15.0 Å². The third kappa shape index (κ3) is 3.23. The topological polar surface area (TPSA) is 38.7 Å². The van der Waals surface area contributed by atoms with Gasteiger partial charge in [-0.2, -0.15) is 40.1 Å². The Hall–Kier alpha value is -2.47. The molecule has 0 spiro atoms. The van der Waals surface area contributed by atoms with Crippen molar-refractivity contribution < 1.29 is 43.9 Å². The van der Waals surface area contributed by atoms with Gasteiger partial charge in [-0.25, -0.2) is 18.7 Å². The highest BCUT2D eigenvalue weighted by Crippen LogP contribution is 2.36. The molecule has 0 aliphatic carbocycles. The summed E-state index contributed by atoms with van der Waals surface area (Å²) in [6.07, 6.45) is -11.0. The fourth-order valence-corrected chi connectivity index (χ4v) is 1.56. The standard InChI is InChI=1S/C11HF10N3/c12-5-4(6(13)8(15)24-7(5)14)2-1-3(10(16,17)18)23-9(22-2)11(19,20)21/h1H. The van der Waals surface area contributed by atoms with Gasteiger partial charge in [-0.05, 0) is 6.07 Å². The van der Waals surface area contributed by atoms with E-state index < -0.39 is 58.7 Å². The van der Waals surface area contributed by atoms with Crippen molar-refractivity contribution in [2.45, 2.75) is 12.4 Å². The lowest BCUT2D eigenvalue weighted by Gasteiger charge is -2.13. The molecule has 2 aromatic rings. The van der Waals surface area contributed by atoms with Crippen molar-refractivity contribution in [1.29, 1.82) is 0 Å². The minimum absolute atomic E-state index is 0.282. The maximum atomic E-state index is 13.5. The molecule has 0 unspecified atom stereocenters. The zero-order valence-electron chi connectivity index (χ0n) is 10.7. The van der Waals surface area contributed by atoms with E-state index in [2.05, 4.69) is 15.0 Å². The summed E-state index contributed by atoms with van der Waals surface area (Å²) in [5.74, 6) is -11.6. The summed E-state index contributed by atoms with van der Waals surface area (Å²) in [4.78, 5) is 6.84. The molecule has 0 aliphatic rings. The van der Waals surface area contributed by atoms with E-state index in [4.69, 9.17) is 0 Å². The van der Waals surface area contributed by atoms with Crippen LogP contribution in [-0.2, 0) is 12.4 Å². The number of alkyl halides is 6. The van der Waals surface area contributed by atoms with Crippen LogP contribution < -0.4 is 0 Å². The van der Waals surface area contributed by atoms with Crippen LogP contribution in [0.1, 0.15) is 11.5 Å². The molecular weight excluding hydrogens is 364 g/mol. The lowest BCUT2D eigenvalue weighted by atomic mass is 10.1. The van der Waals surface area contributed by atoms with Gasteiger partial charge in [0.05, 0.1) is 11.3 Å². The van der Waals surface area contributed by atoms with Crippen molar-refractivity contribution in [2.24, 2.45) is 0 Å². The summed E-state index contributed by atoms with van der Waals surface area (Å²) < 4.78 is 129. The van der Waals surface area contributed by atoms with E-state index in [1.807, 2.05) is 0 Å². The Kier molecular flexibility index (Phi) is 4.14. The molecule has 0 aromatic carbocycles. The Morgan fingerprint density at radius 3 is 1.58 bits per heavy atom. The second-order valence-electron chi connectivity index (χ2n) is 4.15. The third-order valence-electron chi connectivity index (χ3n) is 2.52. The zero-order chi connectivity index (χ0) is 18.4. The van der Waals surface area contributed by atoms with Gasteiger partial charge in [0, 0.05) is 0 Å². The van der Waals surface area contributed by atoms with E-state index in [0.29, 0.717) is 0 Å². The fourth-order valence-electron chi connectivity index (χ4n) is 1.56. The number of aromatic nitrogens is 3. The van der Waals surface area contributed by atoms with Crippen molar-refractivity contribution >= 4 is 0 Å². The van der Waals surface area contributed by atoms with Gasteiger partial charge in [0.25, 0.3) is 11.9 Å². The molecule has 0 amide bonds. The highest BCUT2D eigenvalue weighted by Gasteiger charge is 2.41. The number of pyridine rings is 1. The predicted molar refractivity (Wildman–Crippen MR) is 55.1 cm³/mol. The van der Waals surface area contributed by atoms with Crippen LogP contribution in [0, 0.1) is 23.5 Å². The average molecular weight is 365 g/mol. The molecule has 2 aromatic heterocycles. The molecule has 2 rings (SSSR count). The second kappa shape index (κ2) is 5.56. The smallest absolute Gasteiger partial charge is 0.224 e. The number of nitrogens with zero attached hydrogens (tertiary/aromatic N) is 3. The molecule has 24 heavy (non-hydrogen) atoms. The van der Waals surface area contributed by atoms with E-state index in [-0.39, 0.29) is 6.07 Å². The molecule has 0 saturated carbocycles. The molecule has 0 saturated heterocycles. The normalized spacial score (nSPS) is 12.6. The Morgan fingerprint density at radius 1 is 0.667 bits per heavy atom. The van der Waals surface area contributed by atoms with Crippen molar-refractivity contribution in [3.63, 3.8) is 0 Å². The Labute approximate surface area is 125 Å². The minimum atomic E-state index is -5.52. The summed E-state index contributed by atoms with van der Waals surface area (Å²) in [5, 5.41) is 0. The summed E-state index contributed by atoms with van der Waals surface area (Å²) in [6, 6.07) is -0.282. The number of rotatable bonds is 1. The average Bonchev–Trinajstić information content (AvgIpc) is 2.43. The molecule has 0 atom stereocenters. The second-order valence-corrected chi connectivity index (χ2v) is 4.15. The van der Waals surface area contributed by atoms with Crippen LogP contribution in [0.4, 0.5) is 43.9 Å². The maximum Gasteiger partial charge on any atom is 0.451 e. The molecule has 13 heteroatoms. The highest BCUT2D eigenvalue weighted by atomic mass is 19.4. The molecule has 2 heterocycles. The first-order valence-corrected chi connectivity index (χ1v) is 5.56. The van der Waals surface area contributed by atoms with E-state index in [1.54, 1.807) is 0 Å². The minimum Gasteiger partial charge on any atom is -0.224 e. The maximum absolute atomic E-state index is 13.5. The molecule has 0 radical (unpaired) electrons. The van der Waals surface area contributed by atoms with Crippen LogP contribution >= 0.6 is 0 Å². The van der Waals surface area contributed by atoms with Crippen LogP contribution in [0.2, 0.25) is 0 Å². The SMILES string of the molecule is Fc1nc(F)c(F)c(-c2cc(C(F)(F)F)nc(C(F)(F)F)n2)c1F. The summed E-state index contributed by atoms with van der Waals surface area (Å²) in [5.41, 5.74) is -5.74. The molecular formula is C11HF10N3. The van der Waals surface area contributed by atoms with Crippen LogP contribution in [-0.4, -0.2) is 15.0 Å². The quantitative estimate of drug-likeness (QED) is 0.564. The number of hydrogen-bond donors (Lipinski definition) is 0. The van der Waals surface area contributed by atoms with E-state index in [1.165, 1.54) is 0 Å². The van der Waals surface area contributed by atoms with Gasteiger partial charge in [0.1, 0.15) is 5.69 Å². The van der Waals surface area contributed by atoms with Gasteiger partial charge >= 0.3 is 12.4 Å². The molecule has 0 fully saturated rings. The summed E-state index contributed by atoms with van der Waals surface area (Å²) >= 11 is 0. The molecule has 0 N–H and O–H groups in total. The predicted octanol–water partition coefficient (Wildman–Crippen LogP) is 4.13. The zero-order valence-corrected chi connectivity index (χ0v) is 10.7. The Balaban J connectivity index is 2.86. The largest absolute Gasteiger partial charge is 0.451 e. The van der Waals surface area contributed by atoms with Crippen LogP contribution in [0.3, 0.4) is 0 Å². The van der Waals surface area contributed by atoms with Crippen LogP contribution in [0.25, 0.3) is 11.3 Å². The molecule has 130 valence electrons. The lowest BCUT2D eigenvalue weighted by Crippen LogP contribution is -2.18. The van der Waals surface area contributed by atoms with Gasteiger partial charge in [0.15, 0.2) is 11.6 Å². The third-order valence-corrected chi connectivity index (χ3v) is 2.52. The van der Waals surface area contributed by atoms with Gasteiger partial charge in [-0.3, -0.25) is 0 Å². The van der Waals surface area contributed by atoms with E-state index in [0.717, 1.165) is 0 Å². The van der Waals surface area contributed by atoms with Gasteiger partial charge in [-0.15, -0.1) is 0 Å². The van der Waals surface area contributed by atoms with Gasteiger partial charge < -0.3 is 0 Å².